The molecule has 0 amide bonds. The fourth-order valence-corrected chi connectivity index (χ4v) is 3.50. The summed E-state index contributed by atoms with van der Waals surface area (Å²) in [5.74, 6) is -0.696. The molecule has 0 aliphatic carbocycles. The number of hydrogen-bond acceptors (Lipinski definition) is 5. The molecule has 0 aromatic heterocycles. The smallest absolute Gasteiger partial charge is 0.303 e. The number of nitrogens with zero attached hydrogens (tertiary/aromatic N) is 4. The van der Waals surface area contributed by atoms with Gasteiger partial charge in [-0.3, -0.25) is 14.9 Å². The van der Waals surface area contributed by atoms with Gasteiger partial charge >= 0.3 is 5.97 Å². The van der Waals surface area contributed by atoms with Crippen LogP contribution in [0.25, 0.3) is 10.4 Å². The van der Waals surface area contributed by atoms with Crippen LogP contribution in [0.2, 0.25) is 0 Å². The average Bonchev–Trinajstić information content (AvgIpc) is 2.74. The lowest BCUT2D eigenvalue weighted by Gasteiger charge is -2.08. The van der Waals surface area contributed by atoms with Crippen molar-refractivity contribution in [3.63, 3.8) is 0 Å². The van der Waals surface area contributed by atoms with Crippen LogP contribution >= 0.6 is 0 Å². The first-order valence-corrected chi connectivity index (χ1v) is 11.3. The summed E-state index contributed by atoms with van der Waals surface area (Å²) in [5, 5.41) is 26.3. The van der Waals surface area contributed by atoms with Gasteiger partial charge in [-0.15, -0.1) is 0 Å². The molecule has 9 nitrogen and oxygen atoms in total. The fraction of sp³-hybridized carbons (Fsp3) is 0.682. The molecule has 1 aromatic rings. The Morgan fingerprint density at radius 2 is 1.48 bits per heavy atom. The first-order valence-electron chi connectivity index (χ1n) is 11.3. The van der Waals surface area contributed by atoms with Gasteiger partial charge < -0.3 is 10.4 Å². The molecule has 1 aromatic carbocycles. The molecule has 0 fully saturated rings. The lowest BCUT2D eigenvalue weighted by molar-refractivity contribution is -0.383. The van der Waals surface area contributed by atoms with Gasteiger partial charge in [0.2, 0.25) is 0 Å². The summed E-state index contributed by atoms with van der Waals surface area (Å²) in [7, 11) is 0. The highest BCUT2D eigenvalue weighted by atomic mass is 16.6. The lowest BCUT2D eigenvalue weighted by Crippen LogP contribution is -2.04. The van der Waals surface area contributed by atoms with Crippen LogP contribution in [0.15, 0.2) is 23.3 Å². The molecule has 0 unspecified atom stereocenters. The van der Waals surface area contributed by atoms with E-state index in [4.69, 9.17) is 10.6 Å². The molecule has 0 atom stereocenters. The van der Waals surface area contributed by atoms with Gasteiger partial charge in [-0.05, 0) is 24.4 Å². The predicted molar refractivity (Wildman–Crippen MR) is 123 cm³/mol. The molecule has 0 saturated heterocycles. The van der Waals surface area contributed by atoms with Gasteiger partial charge in [-0.2, -0.15) is 0 Å². The molecule has 2 N–H and O–H groups in total. The van der Waals surface area contributed by atoms with Gasteiger partial charge in [-0.1, -0.05) is 81.8 Å². The highest BCUT2D eigenvalue weighted by Gasteiger charge is 2.13. The minimum atomic E-state index is -0.696. The molecule has 0 radical (unpaired) electrons. The van der Waals surface area contributed by atoms with Crippen LogP contribution in [-0.2, 0) is 4.79 Å². The highest BCUT2D eigenvalue weighted by Crippen LogP contribution is 2.29. The average molecular weight is 434 g/mol. The van der Waals surface area contributed by atoms with E-state index in [0.717, 1.165) is 32.1 Å². The van der Waals surface area contributed by atoms with Crippen molar-refractivity contribution in [3.05, 3.63) is 38.8 Å². The maximum absolute atomic E-state index is 11.2. The molecule has 0 heterocycles. The van der Waals surface area contributed by atoms with E-state index in [1.54, 1.807) is 12.1 Å². The topological polar surface area (TPSA) is 141 Å². The molecule has 9 heteroatoms. The first kappa shape index (κ1) is 26.2. The van der Waals surface area contributed by atoms with Crippen LogP contribution in [0.3, 0.4) is 0 Å². The second-order valence-corrected chi connectivity index (χ2v) is 7.81. The number of nitro benzene ring substituents is 1. The number of azide groups is 1. The van der Waals surface area contributed by atoms with E-state index in [2.05, 4.69) is 15.3 Å². The molecule has 0 spiro atoms. The van der Waals surface area contributed by atoms with E-state index in [-0.39, 0.29) is 11.4 Å². The van der Waals surface area contributed by atoms with Gasteiger partial charge in [0.05, 0.1) is 4.92 Å². The Hall–Kier alpha value is -2.80. The van der Waals surface area contributed by atoms with Crippen molar-refractivity contribution in [2.75, 3.05) is 11.9 Å². The van der Waals surface area contributed by atoms with Crippen molar-refractivity contribution in [1.29, 1.82) is 0 Å². The zero-order chi connectivity index (χ0) is 22.7. The molecule has 0 aliphatic heterocycles. The van der Waals surface area contributed by atoms with Crippen LogP contribution in [0, 0.1) is 10.1 Å². The van der Waals surface area contributed by atoms with Crippen LogP contribution in [0.4, 0.5) is 17.1 Å². The molecule has 0 saturated carbocycles. The number of nitro groups is 1. The van der Waals surface area contributed by atoms with E-state index in [1.807, 2.05) is 0 Å². The molecule has 1 rings (SSSR count). The van der Waals surface area contributed by atoms with Crippen molar-refractivity contribution in [2.24, 2.45) is 5.11 Å². The molecule has 0 aliphatic rings. The van der Waals surface area contributed by atoms with Crippen LogP contribution in [-0.4, -0.2) is 22.5 Å². The second kappa shape index (κ2) is 16.9. The van der Waals surface area contributed by atoms with E-state index in [9.17, 15) is 14.9 Å². The third kappa shape index (κ3) is 13.2. The summed E-state index contributed by atoms with van der Waals surface area (Å²) in [4.78, 5) is 23.8. The van der Waals surface area contributed by atoms with Crippen molar-refractivity contribution < 1.29 is 14.8 Å². The van der Waals surface area contributed by atoms with Crippen molar-refractivity contribution in [2.45, 2.75) is 89.9 Å². The number of rotatable bonds is 19. The number of carboxylic acid groups (broad SMARTS) is 1. The Morgan fingerprint density at radius 3 is 1.97 bits per heavy atom. The molecular formula is C22H35N5O4. The zero-order valence-corrected chi connectivity index (χ0v) is 18.3. The number of hydrogen-bond donors (Lipinski definition) is 2. The second-order valence-electron chi connectivity index (χ2n) is 7.81. The van der Waals surface area contributed by atoms with Crippen LogP contribution < -0.4 is 5.32 Å². The van der Waals surface area contributed by atoms with Gasteiger partial charge in [0.1, 0.15) is 5.69 Å². The summed E-state index contributed by atoms with van der Waals surface area (Å²) >= 11 is 0. The summed E-state index contributed by atoms with van der Waals surface area (Å²) in [5.41, 5.74) is 9.04. The maximum atomic E-state index is 11.2. The third-order valence-corrected chi connectivity index (χ3v) is 5.22. The molecule has 172 valence electrons. The van der Waals surface area contributed by atoms with E-state index >= 15 is 0 Å². The van der Waals surface area contributed by atoms with Crippen LogP contribution in [0.1, 0.15) is 89.9 Å². The van der Waals surface area contributed by atoms with Gasteiger partial charge in [-0.25, -0.2) is 0 Å². The number of anilines is 1. The van der Waals surface area contributed by atoms with E-state index in [1.165, 1.54) is 57.4 Å². The zero-order valence-electron chi connectivity index (χ0n) is 18.3. The largest absolute Gasteiger partial charge is 0.481 e. The molecular weight excluding hydrogens is 398 g/mol. The minimum Gasteiger partial charge on any atom is -0.481 e. The SMILES string of the molecule is [N-]=[N+]=Nc1ccc(NCCCCCCCCCCCCCCCC(=O)O)c([N+](=O)[O-])c1. The number of benzene rings is 1. The number of nitrogens with one attached hydrogen (secondary N) is 1. The van der Waals surface area contributed by atoms with E-state index in [0.29, 0.717) is 18.7 Å². The Kier molecular flexibility index (Phi) is 14.3. The van der Waals surface area contributed by atoms with Crippen molar-refractivity contribution in [3.8, 4) is 0 Å². The Morgan fingerprint density at radius 1 is 0.968 bits per heavy atom. The summed E-state index contributed by atoms with van der Waals surface area (Å²) in [6.07, 6.45) is 15.2. The van der Waals surface area contributed by atoms with Crippen molar-refractivity contribution in [1.82, 2.24) is 0 Å². The number of carbonyl (C=O) groups is 1. The van der Waals surface area contributed by atoms with Crippen molar-refractivity contribution >= 4 is 23.0 Å². The fourth-order valence-electron chi connectivity index (χ4n) is 3.50. The molecule has 31 heavy (non-hydrogen) atoms. The van der Waals surface area contributed by atoms with Crippen LogP contribution in [0.5, 0.6) is 0 Å². The Labute approximate surface area is 184 Å². The first-order chi connectivity index (χ1) is 15.0. The number of unbranched alkanes of at least 4 members (excludes halogenated alkanes) is 12. The normalized spacial score (nSPS) is 10.5. The third-order valence-electron chi connectivity index (χ3n) is 5.22. The quantitative estimate of drug-likeness (QED) is 0.0580. The summed E-state index contributed by atoms with van der Waals surface area (Å²) < 4.78 is 0. The monoisotopic (exact) mass is 433 g/mol. The Bertz CT molecular complexity index is 720. The molecule has 0 bridgehead atoms. The standard InChI is InChI=1S/C22H35N5O4/c23-26-25-19-15-16-20(21(18-19)27(30)31)24-17-13-11-9-7-5-3-1-2-4-6-8-10-12-14-22(28)29/h15-16,18,24H,1-14,17H2,(H,28,29). The lowest BCUT2D eigenvalue weighted by atomic mass is 10.0. The van der Waals surface area contributed by atoms with Gasteiger partial charge in [0, 0.05) is 29.6 Å². The number of aliphatic carboxylic acids is 1. The minimum absolute atomic E-state index is 0.0786. The maximum Gasteiger partial charge on any atom is 0.303 e. The van der Waals surface area contributed by atoms with E-state index < -0.39 is 10.9 Å². The number of carboxylic acids is 1. The summed E-state index contributed by atoms with van der Waals surface area (Å²) in [6, 6.07) is 4.42. The highest BCUT2D eigenvalue weighted by molar-refractivity contribution is 5.67. The summed E-state index contributed by atoms with van der Waals surface area (Å²) in [6.45, 7) is 0.675. The van der Waals surface area contributed by atoms with Gasteiger partial charge in [0.15, 0.2) is 0 Å². The van der Waals surface area contributed by atoms with Gasteiger partial charge in [0.25, 0.3) is 5.69 Å². The Balaban J connectivity index is 1.99. The predicted octanol–water partition coefficient (Wildman–Crippen LogP) is 7.49.